The molecule has 0 aliphatic carbocycles. The van der Waals surface area contributed by atoms with Crippen molar-refractivity contribution in [2.75, 3.05) is 29.9 Å². The maximum absolute atomic E-state index is 5.74. The van der Waals surface area contributed by atoms with E-state index in [0.717, 1.165) is 55.3 Å². The van der Waals surface area contributed by atoms with Gasteiger partial charge >= 0.3 is 0 Å². The molecule has 1 atom stereocenters. The van der Waals surface area contributed by atoms with Crippen LogP contribution in [0.4, 0.5) is 17.5 Å². The van der Waals surface area contributed by atoms with Crippen molar-refractivity contribution in [1.82, 2.24) is 9.97 Å². The third-order valence-corrected chi connectivity index (χ3v) is 4.94. The quantitative estimate of drug-likeness (QED) is 0.638. The first-order valence-corrected chi connectivity index (χ1v) is 9.96. The summed E-state index contributed by atoms with van der Waals surface area (Å²) in [4.78, 5) is 11.8. The molecule has 0 saturated carbocycles. The van der Waals surface area contributed by atoms with Gasteiger partial charge in [-0.2, -0.15) is 4.98 Å². The van der Waals surface area contributed by atoms with Gasteiger partial charge in [-0.1, -0.05) is 48.5 Å². The lowest BCUT2D eigenvalue weighted by molar-refractivity contribution is 0.120. The number of rotatable bonds is 7. The Morgan fingerprint density at radius 2 is 1.79 bits per heavy atom. The SMILES string of the molecule is CCN(c1ccccc1)c1nc(NCC2CCCO2)cc(-c2ccccc2)n1. The average Bonchev–Trinajstić information content (AvgIpc) is 3.28. The Hall–Kier alpha value is -2.92. The highest BCUT2D eigenvalue weighted by molar-refractivity contribution is 5.67. The van der Waals surface area contributed by atoms with E-state index in [9.17, 15) is 0 Å². The zero-order valence-corrected chi connectivity index (χ0v) is 16.2. The van der Waals surface area contributed by atoms with E-state index in [4.69, 9.17) is 14.7 Å². The van der Waals surface area contributed by atoms with Crippen LogP contribution in [0.3, 0.4) is 0 Å². The van der Waals surface area contributed by atoms with Crippen LogP contribution in [0, 0.1) is 0 Å². The summed E-state index contributed by atoms with van der Waals surface area (Å²) in [5.74, 6) is 1.53. The smallest absolute Gasteiger partial charge is 0.232 e. The minimum Gasteiger partial charge on any atom is -0.376 e. The third-order valence-electron chi connectivity index (χ3n) is 4.94. The molecule has 1 N–H and O–H groups in total. The zero-order chi connectivity index (χ0) is 19.2. The molecule has 28 heavy (non-hydrogen) atoms. The highest BCUT2D eigenvalue weighted by atomic mass is 16.5. The Morgan fingerprint density at radius 1 is 1.04 bits per heavy atom. The number of ether oxygens (including phenoxy) is 1. The van der Waals surface area contributed by atoms with Crippen LogP contribution in [0.25, 0.3) is 11.3 Å². The molecule has 1 unspecified atom stereocenters. The second kappa shape index (κ2) is 8.85. The van der Waals surface area contributed by atoms with Crippen LogP contribution in [-0.4, -0.2) is 35.8 Å². The molecular weight excluding hydrogens is 348 g/mol. The van der Waals surface area contributed by atoms with E-state index < -0.39 is 0 Å². The van der Waals surface area contributed by atoms with E-state index in [1.165, 1.54) is 0 Å². The average molecular weight is 374 g/mol. The topological polar surface area (TPSA) is 50.3 Å². The molecule has 1 saturated heterocycles. The Morgan fingerprint density at radius 3 is 2.46 bits per heavy atom. The monoisotopic (exact) mass is 374 g/mol. The molecule has 0 amide bonds. The van der Waals surface area contributed by atoms with Gasteiger partial charge in [0.2, 0.25) is 5.95 Å². The molecule has 0 spiro atoms. The standard InChI is InChI=1S/C23H26N4O/c1-2-27(19-12-7-4-8-13-19)23-25-21(18-10-5-3-6-11-18)16-22(26-23)24-17-20-14-9-15-28-20/h3-8,10-13,16,20H,2,9,14-15,17H2,1H3,(H,24,25,26). The summed E-state index contributed by atoms with van der Waals surface area (Å²) >= 11 is 0. The molecule has 4 rings (SSSR count). The van der Waals surface area contributed by atoms with Crippen LogP contribution in [0.2, 0.25) is 0 Å². The summed E-state index contributed by atoms with van der Waals surface area (Å²) in [5, 5.41) is 3.46. The van der Waals surface area contributed by atoms with Crippen molar-refractivity contribution in [1.29, 1.82) is 0 Å². The van der Waals surface area contributed by atoms with E-state index in [1.54, 1.807) is 0 Å². The third kappa shape index (κ3) is 4.31. The van der Waals surface area contributed by atoms with E-state index in [0.29, 0.717) is 5.95 Å². The van der Waals surface area contributed by atoms with Crippen molar-refractivity contribution in [2.45, 2.75) is 25.9 Å². The van der Waals surface area contributed by atoms with Crippen molar-refractivity contribution in [2.24, 2.45) is 0 Å². The lowest BCUT2D eigenvalue weighted by Crippen LogP contribution is -2.22. The summed E-state index contributed by atoms with van der Waals surface area (Å²) in [7, 11) is 0. The van der Waals surface area contributed by atoms with Gasteiger partial charge < -0.3 is 15.0 Å². The van der Waals surface area contributed by atoms with Gasteiger partial charge in [0.1, 0.15) is 5.82 Å². The lowest BCUT2D eigenvalue weighted by atomic mass is 10.1. The Kier molecular flexibility index (Phi) is 5.83. The van der Waals surface area contributed by atoms with Crippen molar-refractivity contribution in [3.05, 3.63) is 66.7 Å². The van der Waals surface area contributed by atoms with Crippen molar-refractivity contribution in [3.8, 4) is 11.3 Å². The van der Waals surface area contributed by atoms with Gasteiger partial charge in [0.25, 0.3) is 0 Å². The number of hydrogen-bond donors (Lipinski definition) is 1. The zero-order valence-electron chi connectivity index (χ0n) is 16.2. The number of benzene rings is 2. The minimum atomic E-state index is 0.259. The van der Waals surface area contributed by atoms with E-state index in [-0.39, 0.29) is 6.10 Å². The number of anilines is 3. The summed E-state index contributed by atoms with van der Waals surface area (Å²) in [5.41, 5.74) is 3.07. The fourth-order valence-electron chi connectivity index (χ4n) is 3.47. The van der Waals surface area contributed by atoms with Crippen molar-refractivity contribution < 1.29 is 4.74 Å². The van der Waals surface area contributed by atoms with Crippen LogP contribution in [0.1, 0.15) is 19.8 Å². The summed E-state index contributed by atoms with van der Waals surface area (Å²) < 4.78 is 5.74. The Labute approximate surface area is 166 Å². The van der Waals surface area contributed by atoms with Crippen LogP contribution in [0.15, 0.2) is 66.7 Å². The molecule has 144 valence electrons. The molecule has 0 radical (unpaired) electrons. The van der Waals surface area contributed by atoms with Gasteiger partial charge in [-0.25, -0.2) is 4.98 Å². The first-order valence-electron chi connectivity index (χ1n) is 9.96. The molecule has 1 aromatic heterocycles. The summed E-state index contributed by atoms with van der Waals surface area (Å²) in [6, 6.07) is 22.5. The maximum Gasteiger partial charge on any atom is 0.232 e. The predicted octanol–water partition coefficient (Wildman–Crippen LogP) is 4.89. The number of nitrogens with one attached hydrogen (secondary N) is 1. The van der Waals surface area contributed by atoms with Crippen molar-refractivity contribution in [3.63, 3.8) is 0 Å². The van der Waals surface area contributed by atoms with Gasteiger partial charge in [-0.05, 0) is 31.9 Å². The van der Waals surface area contributed by atoms with Crippen molar-refractivity contribution >= 4 is 17.5 Å². The molecule has 3 aromatic rings. The number of para-hydroxylation sites is 1. The van der Waals surface area contributed by atoms with E-state index >= 15 is 0 Å². The highest BCUT2D eigenvalue weighted by Crippen LogP contribution is 2.27. The molecule has 0 bridgehead atoms. The molecule has 5 nitrogen and oxygen atoms in total. The second-order valence-electron chi connectivity index (χ2n) is 6.90. The molecule has 5 heteroatoms. The second-order valence-corrected chi connectivity index (χ2v) is 6.90. The number of aromatic nitrogens is 2. The first-order chi connectivity index (χ1) is 13.8. The minimum absolute atomic E-state index is 0.259. The van der Waals surface area contributed by atoms with Gasteiger partial charge in [0.15, 0.2) is 0 Å². The highest BCUT2D eigenvalue weighted by Gasteiger charge is 2.17. The van der Waals surface area contributed by atoms with Crippen LogP contribution >= 0.6 is 0 Å². The Balaban J connectivity index is 1.68. The molecule has 2 heterocycles. The van der Waals surface area contributed by atoms with Crippen LogP contribution < -0.4 is 10.2 Å². The molecule has 1 aliphatic rings. The largest absolute Gasteiger partial charge is 0.376 e. The van der Waals surface area contributed by atoms with Gasteiger partial charge in [0, 0.05) is 37.0 Å². The van der Waals surface area contributed by atoms with Gasteiger partial charge in [0.05, 0.1) is 11.8 Å². The molecular formula is C23H26N4O. The molecule has 1 aliphatic heterocycles. The molecule has 1 fully saturated rings. The maximum atomic E-state index is 5.74. The van der Waals surface area contributed by atoms with Gasteiger partial charge in [-0.3, -0.25) is 0 Å². The van der Waals surface area contributed by atoms with Crippen LogP contribution in [-0.2, 0) is 4.74 Å². The van der Waals surface area contributed by atoms with Gasteiger partial charge in [-0.15, -0.1) is 0 Å². The predicted molar refractivity (Wildman–Crippen MR) is 114 cm³/mol. The fourth-order valence-corrected chi connectivity index (χ4v) is 3.47. The summed E-state index contributed by atoms with van der Waals surface area (Å²) in [6.07, 6.45) is 2.49. The fraction of sp³-hybridized carbons (Fsp3) is 0.304. The lowest BCUT2D eigenvalue weighted by Gasteiger charge is -2.22. The Bertz CT molecular complexity index is 880. The summed E-state index contributed by atoms with van der Waals surface area (Å²) in [6.45, 7) is 4.52. The van der Waals surface area contributed by atoms with E-state index in [2.05, 4.69) is 41.4 Å². The normalized spacial score (nSPS) is 16.1. The number of hydrogen-bond acceptors (Lipinski definition) is 5. The van der Waals surface area contributed by atoms with E-state index in [1.807, 2.05) is 42.5 Å². The van der Waals surface area contributed by atoms with Crippen LogP contribution in [0.5, 0.6) is 0 Å². The molecule has 2 aromatic carbocycles. The number of nitrogens with zero attached hydrogens (tertiary/aromatic N) is 3. The first kappa shape index (κ1) is 18.4.